The molecule has 0 spiro atoms. The van der Waals surface area contributed by atoms with Crippen LogP contribution in [0.15, 0.2) is 89.5 Å². The molecule has 176 valence electrons. The largest absolute Gasteiger partial charge is 0.494 e. The standard InChI is InChI=1S/C26H22N4O4S/c1-2-33-20-12-10-18(11-13-20)29-25(24(28-26(29)35)21-5-3-4-16-27-21)23-15-14-22(34-23)17-6-8-19(9-7-17)30(31)32/h3-16,24-25H,2H2,1H3,(H,28,35). The van der Waals surface area contributed by atoms with Crippen LogP contribution < -0.4 is 15.0 Å². The average molecular weight is 487 g/mol. The number of non-ortho nitro benzene ring substituents is 1. The number of aromatic nitrogens is 1. The summed E-state index contributed by atoms with van der Waals surface area (Å²) in [6.45, 7) is 2.53. The van der Waals surface area contributed by atoms with Crippen molar-refractivity contribution in [1.29, 1.82) is 0 Å². The predicted octanol–water partition coefficient (Wildman–Crippen LogP) is 5.83. The zero-order valence-corrected chi connectivity index (χ0v) is 19.6. The second-order valence-electron chi connectivity index (χ2n) is 7.93. The Kier molecular flexibility index (Phi) is 6.15. The molecule has 3 heterocycles. The Labute approximate surface area is 207 Å². The number of benzene rings is 2. The first-order valence-corrected chi connectivity index (χ1v) is 11.5. The topological polar surface area (TPSA) is 93.7 Å². The van der Waals surface area contributed by atoms with E-state index in [4.69, 9.17) is 21.4 Å². The fourth-order valence-electron chi connectivity index (χ4n) is 4.21. The predicted molar refractivity (Wildman–Crippen MR) is 136 cm³/mol. The van der Waals surface area contributed by atoms with E-state index in [0.29, 0.717) is 23.2 Å². The lowest BCUT2D eigenvalue weighted by Gasteiger charge is -2.26. The Bertz CT molecular complexity index is 1340. The summed E-state index contributed by atoms with van der Waals surface area (Å²) in [6.07, 6.45) is 1.75. The van der Waals surface area contributed by atoms with Crippen molar-refractivity contribution < 1.29 is 14.1 Å². The van der Waals surface area contributed by atoms with E-state index >= 15 is 0 Å². The summed E-state index contributed by atoms with van der Waals surface area (Å²) in [6, 6.07) is 23.0. The minimum absolute atomic E-state index is 0.0303. The molecule has 2 unspecified atom stereocenters. The molecule has 1 aliphatic rings. The van der Waals surface area contributed by atoms with Crippen LogP contribution in [-0.2, 0) is 0 Å². The van der Waals surface area contributed by atoms with Crippen LogP contribution in [0.1, 0.15) is 30.5 Å². The highest BCUT2D eigenvalue weighted by atomic mass is 32.1. The minimum atomic E-state index is -0.422. The van der Waals surface area contributed by atoms with Gasteiger partial charge in [-0.2, -0.15) is 0 Å². The molecule has 5 rings (SSSR count). The second-order valence-corrected chi connectivity index (χ2v) is 8.32. The van der Waals surface area contributed by atoms with Gasteiger partial charge in [-0.3, -0.25) is 15.1 Å². The van der Waals surface area contributed by atoms with Crippen molar-refractivity contribution in [3.63, 3.8) is 0 Å². The summed E-state index contributed by atoms with van der Waals surface area (Å²) in [5.41, 5.74) is 2.50. The van der Waals surface area contributed by atoms with Crippen LogP contribution in [0.25, 0.3) is 11.3 Å². The second kappa shape index (κ2) is 9.55. The van der Waals surface area contributed by atoms with Crippen LogP contribution in [-0.4, -0.2) is 21.6 Å². The average Bonchev–Trinajstić information content (AvgIpc) is 3.50. The van der Waals surface area contributed by atoms with Gasteiger partial charge in [0.1, 0.15) is 23.3 Å². The van der Waals surface area contributed by atoms with Crippen molar-refractivity contribution in [3.05, 3.63) is 107 Å². The van der Waals surface area contributed by atoms with Crippen LogP contribution in [0.5, 0.6) is 5.75 Å². The highest BCUT2D eigenvalue weighted by Crippen LogP contribution is 2.43. The lowest BCUT2D eigenvalue weighted by Crippen LogP contribution is -2.29. The molecule has 4 aromatic rings. The maximum atomic E-state index is 11.0. The Morgan fingerprint density at radius 3 is 2.51 bits per heavy atom. The van der Waals surface area contributed by atoms with Crippen LogP contribution in [0.3, 0.4) is 0 Å². The van der Waals surface area contributed by atoms with Gasteiger partial charge in [-0.05, 0) is 79.8 Å². The number of ether oxygens (including phenoxy) is 1. The van der Waals surface area contributed by atoms with Crippen molar-refractivity contribution in [3.8, 4) is 17.1 Å². The van der Waals surface area contributed by atoms with Gasteiger partial charge in [0.15, 0.2) is 5.11 Å². The van der Waals surface area contributed by atoms with E-state index in [-0.39, 0.29) is 17.8 Å². The zero-order chi connectivity index (χ0) is 24.4. The van der Waals surface area contributed by atoms with Crippen LogP contribution in [0.2, 0.25) is 0 Å². The number of thiocarbonyl (C=S) groups is 1. The Balaban J connectivity index is 1.53. The minimum Gasteiger partial charge on any atom is -0.494 e. The SMILES string of the molecule is CCOc1ccc(N2C(=S)NC(c3ccccn3)C2c2ccc(-c3ccc([N+](=O)[O-])cc3)o2)cc1. The van der Waals surface area contributed by atoms with Gasteiger partial charge in [0.05, 0.1) is 23.3 Å². The number of furan rings is 1. The molecular formula is C26H22N4O4S. The third-order valence-electron chi connectivity index (χ3n) is 5.80. The number of nitro benzene ring substituents is 1. The van der Waals surface area contributed by atoms with Gasteiger partial charge in [0.25, 0.3) is 5.69 Å². The van der Waals surface area contributed by atoms with E-state index in [2.05, 4.69) is 10.3 Å². The molecule has 1 N–H and O–H groups in total. The van der Waals surface area contributed by atoms with E-state index in [9.17, 15) is 10.1 Å². The molecule has 1 aliphatic heterocycles. The number of hydrogen-bond acceptors (Lipinski definition) is 6. The maximum absolute atomic E-state index is 11.0. The molecule has 0 bridgehead atoms. The number of nitrogens with zero attached hydrogens (tertiary/aromatic N) is 3. The highest BCUT2D eigenvalue weighted by molar-refractivity contribution is 7.80. The van der Waals surface area contributed by atoms with E-state index in [1.807, 2.05) is 66.4 Å². The van der Waals surface area contributed by atoms with Crippen molar-refractivity contribution in [2.24, 2.45) is 0 Å². The first-order valence-electron chi connectivity index (χ1n) is 11.1. The lowest BCUT2D eigenvalue weighted by molar-refractivity contribution is -0.384. The number of nitro groups is 1. The van der Waals surface area contributed by atoms with Crippen molar-refractivity contribution >= 4 is 28.7 Å². The first kappa shape index (κ1) is 22.5. The first-order chi connectivity index (χ1) is 17.0. The Morgan fingerprint density at radius 1 is 1.09 bits per heavy atom. The molecule has 0 saturated carbocycles. The van der Waals surface area contributed by atoms with E-state index in [1.165, 1.54) is 12.1 Å². The molecule has 9 heteroatoms. The number of hydrogen-bond donors (Lipinski definition) is 1. The zero-order valence-electron chi connectivity index (χ0n) is 18.8. The van der Waals surface area contributed by atoms with Crippen LogP contribution >= 0.6 is 12.2 Å². The molecule has 1 fully saturated rings. The van der Waals surface area contributed by atoms with Crippen molar-refractivity contribution in [2.75, 3.05) is 11.5 Å². The number of nitrogens with one attached hydrogen (secondary N) is 1. The van der Waals surface area contributed by atoms with Gasteiger partial charge in [-0.25, -0.2) is 0 Å². The smallest absolute Gasteiger partial charge is 0.269 e. The van der Waals surface area contributed by atoms with Gasteiger partial charge in [0.2, 0.25) is 0 Å². The van der Waals surface area contributed by atoms with Gasteiger partial charge < -0.3 is 19.4 Å². The fourth-order valence-corrected chi connectivity index (χ4v) is 4.55. The normalized spacial score (nSPS) is 17.3. The molecule has 8 nitrogen and oxygen atoms in total. The third-order valence-corrected chi connectivity index (χ3v) is 6.12. The molecule has 0 radical (unpaired) electrons. The molecule has 35 heavy (non-hydrogen) atoms. The monoisotopic (exact) mass is 486 g/mol. The fraction of sp³-hybridized carbons (Fsp3) is 0.154. The summed E-state index contributed by atoms with van der Waals surface area (Å²) >= 11 is 5.75. The highest BCUT2D eigenvalue weighted by Gasteiger charge is 2.42. The third kappa shape index (κ3) is 4.45. The molecule has 0 aliphatic carbocycles. The van der Waals surface area contributed by atoms with Gasteiger partial charge in [0, 0.05) is 29.6 Å². The Hall–Kier alpha value is -4.24. The van der Waals surface area contributed by atoms with Gasteiger partial charge in [-0.1, -0.05) is 6.07 Å². The summed E-state index contributed by atoms with van der Waals surface area (Å²) in [4.78, 5) is 17.1. The number of rotatable bonds is 7. The van der Waals surface area contributed by atoms with Gasteiger partial charge in [-0.15, -0.1) is 0 Å². The van der Waals surface area contributed by atoms with E-state index < -0.39 is 4.92 Å². The molecule has 2 atom stereocenters. The molecular weight excluding hydrogens is 464 g/mol. The summed E-state index contributed by atoms with van der Waals surface area (Å²) in [7, 11) is 0. The van der Waals surface area contributed by atoms with Crippen molar-refractivity contribution in [2.45, 2.75) is 19.0 Å². The molecule has 0 amide bonds. The molecule has 2 aromatic carbocycles. The maximum Gasteiger partial charge on any atom is 0.269 e. The number of pyridine rings is 1. The summed E-state index contributed by atoms with van der Waals surface area (Å²) < 4.78 is 11.9. The van der Waals surface area contributed by atoms with Gasteiger partial charge >= 0.3 is 0 Å². The Morgan fingerprint density at radius 2 is 1.86 bits per heavy atom. The molecule has 2 aromatic heterocycles. The molecule has 1 saturated heterocycles. The number of anilines is 1. The van der Waals surface area contributed by atoms with E-state index in [0.717, 1.165) is 22.7 Å². The van der Waals surface area contributed by atoms with E-state index in [1.54, 1.807) is 18.3 Å². The quantitative estimate of drug-likeness (QED) is 0.198. The summed E-state index contributed by atoms with van der Waals surface area (Å²) in [5, 5.41) is 15.0. The lowest BCUT2D eigenvalue weighted by atomic mass is 10.0. The van der Waals surface area contributed by atoms with Crippen LogP contribution in [0, 0.1) is 10.1 Å². The van der Waals surface area contributed by atoms with Crippen molar-refractivity contribution in [1.82, 2.24) is 10.3 Å². The summed E-state index contributed by atoms with van der Waals surface area (Å²) in [5.74, 6) is 2.08. The van der Waals surface area contributed by atoms with Crippen LogP contribution in [0.4, 0.5) is 11.4 Å².